The van der Waals surface area contributed by atoms with Crippen LogP contribution in [-0.2, 0) is 0 Å². The Balaban J connectivity index is 3.05. The number of aromatic nitrogens is 3. The summed E-state index contributed by atoms with van der Waals surface area (Å²) in [5, 5.41) is 0.263. The zero-order chi connectivity index (χ0) is 8.72. The third kappa shape index (κ3) is 0.971. The van der Waals surface area contributed by atoms with E-state index in [-0.39, 0.29) is 10.7 Å². The van der Waals surface area contributed by atoms with Gasteiger partial charge in [0.1, 0.15) is 9.63 Å². The summed E-state index contributed by atoms with van der Waals surface area (Å²) in [4.78, 5) is 18.0. The van der Waals surface area contributed by atoms with E-state index in [1.54, 1.807) is 6.20 Å². The minimum Gasteiger partial charge on any atom is -0.315 e. The summed E-state index contributed by atoms with van der Waals surface area (Å²) in [6.45, 7) is 0. The average Bonchev–Trinajstić information content (AvgIpc) is 2.48. The smallest absolute Gasteiger partial charge is 0.274 e. The topological polar surface area (TPSA) is 50.2 Å². The van der Waals surface area contributed by atoms with E-state index in [1.807, 2.05) is 0 Å². The number of aromatic amines is 1. The standard InChI is InChI=1S/C6H3BrClN3O/c7-3-4(8)10-6-9-1-2-11(6)5(3)12/h1-2H,(H,9,10). The first kappa shape index (κ1) is 7.82. The molecule has 4 nitrogen and oxygen atoms in total. The maximum absolute atomic E-state index is 11.4. The number of fused-ring (bicyclic) bond motifs is 1. The minimum absolute atomic E-state index is 0.216. The number of H-pyrrole nitrogens is 1. The predicted octanol–water partition coefficient (Wildman–Crippen LogP) is 1.44. The Morgan fingerprint density at radius 2 is 2.42 bits per heavy atom. The Hall–Kier alpha value is -0.810. The fraction of sp³-hybridized carbons (Fsp3) is 0. The van der Waals surface area contributed by atoms with Gasteiger partial charge in [-0.15, -0.1) is 0 Å². The Kier molecular flexibility index (Phi) is 1.69. The van der Waals surface area contributed by atoms with Crippen molar-refractivity contribution in [3.05, 3.63) is 32.4 Å². The summed E-state index contributed by atoms with van der Waals surface area (Å²) in [5.41, 5.74) is -0.216. The molecule has 0 aliphatic rings. The highest BCUT2D eigenvalue weighted by Crippen LogP contribution is 2.15. The van der Waals surface area contributed by atoms with Gasteiger partial charge in [-0.3, -0.25) is 9.20 Å². The molecule has 0 spiro atoms. The number of hydrogen-bond donors (Lipinski definition) is 1. The van der Waals surface area contributed by atoms with Crippen LogP contribution in [0.5, 0.6) is 0 Å². The molecular weight excluding hydrogens is 245 g/mol. The van der Waals surface area contributed by atoms with Crippen molar-refractivity contribution in [3.63, 3.8) is 0 Å². The molecule has 0 bridgehead atoms. The summed E-state index contributed by atoms with van der Waals surface area (Å²) in [6.07, 6.45) is 3.09. The van der Waals surface area contributed by atoms with E-state index < -0.39 is 0 Å². The van der Waals surface area contributed by atoms with Gasteiger partial charge in [0.25, 0.3) is 5.56 Å². The second-order valence-corrected chi connectivity index (χ2v) is 3.35. The molecule has 0 aliphatic heterocycles. The number of nitrogens with zero attached hydrogens (tertiary/aromatic N) is 2. The highest BCUT2D eigenvalue weighted by Gasteiger charge is 2.06. The van der Waals surface area contributed by atoms with E-state index in [0.717, 1.165) is 0 Å². The molecule has 0 aliphatic carbocycles. The van der Waals surface area contributed by atoms with Gasteiger partial charge < -0.3 is 4.98 Å². The molecule has 2 aromatic heterocycles. The summed E-state index contributed by atoms with van der Waals surface area (Å²) >= 11 is 8.75. The fourth-order valence-electron chi connectivity index (χ4n) is 0.912. The van der Waals surface area contributed by atoms with Gasteiger partial charge in [0, 0.05) is 12.4 Å². The molecule has 0 amide bonds. The fourth-order valence-corrected chi connectivity index (χ4v) is 1.37. The second kappa shape index (κ2) is 2.60. The van der Waals surface area contributed by atoms with Crippen LogP contribution in [0.3, 0.4) is 0 Å². The SMILES string of the molecule is O=c1c(Br)c(Cl)[nH]c2nccn12. The third-order valence-electron chi connectivity index (χ3n) is 1.46. The molecule has 2 aromatic rings. The monoisotopic (exact) mass is 247 g/mol. The highest BCUT2D eigenvalue weighted by molar-refractivity contribution is 9.10. The Morgan fingerprint density at radius 1 is 1.67 bits per heavy atom. The minimum atomic E-state index is -0.216. The molecule has 0 unspecified atom stereocenters. The zero-order valence-corrected chi connectivity index (χ0v) is 8.06. The maximum atomic E-state index is 11.4. The predicted molar refractivity (Wildman–Crippen MR) is 48.5 cm³/mol. The normalized spacial score (nSPS) is 10.8. The summed E-state index contributed by atoms with van der Waals surface area (Å²) < 4.78 is 1.69. The lowest BCUT2D eigenvalue weighted by atomic mass is 10.6. The quantitative estimate of drug-likeness (QED) is 0.717. The number of halogens is 2. The average molecular weight is 248 g/mol. The molecule has 0 saturated carbocycles. The van der Waals surface area contributed by atoms with Crippen LogP contribution in [0.2, 0.25) is 5.15 Å². The lowest BCUT2D eigenvalue weighted by Gasteiger charge is -1.96. The highest BCUT2D eigenvalue weighted by atomic mass is 79.9. The zero-order valence-electron chi connectivity index (χ0n) is 5.71. The van der Waals surface area contributed by atoms with Crippen LogP contribution in [0, 0.1) is 0 Å². The first-order valence-corrected chi connectivity index (χ1v) is 4.27. The number of imidazole rings is 1. The Bertz CT molecular complexity index is 489. The lowest BCUT2D eigenvalue weighted by molar-refractivity contribution is 1.04. The molecule has 0 atom stereocenters. The van der Waals surface area contributed by atoms with Gasteiger partial charge in [-0.05, 0) is 15.9 Å². The molecule has 0 fully saturated rings. The van der Waals surface area contributed by atoms with E-state index in [4.69, 9.17) is 11.6 Å². The van der Waals surface area contributed by atoms with Crippen molar-refractivity contribution in [2.75, 3.05) is 0 Å². The number of hydrogen-bond acceptors (Lipinski definition) is 2. The van der Waals surface area contributed by atoms with Crippen molar-refractivity contribution >= 4 is 33.3 Å². The Morgan fingerprint density at radius 3 is 3.17 bits per heavy atom. The summed E-state index contributed by atoms with van der Waals surface area (Å²) in [7, 11) is 0. The third-order valence-corrected chi connectivity index (χ3v) is 2.71. The van der Waals surface area contributed by atoms with Crippen LogP contribution in [-0.4, -0.2) is 14.4 Å². The van der Waals surface area contributed by atoms with Crippen LogP contribution in [0.25, 0.3) is 5.78 Å². The largest absolute Gasteiger partial charge is 0.315 e. The first-order valence-electron chi connectivity index (χ1n) is 3.10. The second-order valence-electron chi connectivity index (χ2n) is 2.18. The van der Waals surface area contributed by atoms with Crippen molar-refractivity contribution in [2.45, 2.75) is 0 Å². The van der Waals surface area contributed by atoms with Gasteiger partial charge in [0.05, 0.1) is 0 Å². The Labute approximate surface area is 80.3 Å². The number of nitrogens with one attached hydrogen (secondary N) is 1. The van der Waals surface area contributed by atoms with Gasteiger partial charge in [0.15, 0.2) is 0 Å². The molecular formula is C6H3BrClN3O. The molecule has 0 radical (unpaired) electrons. The van der Waals surface area contributed by atoms with Gasteiger partial charge in [0.2, 0.25) is 5.78 Å². The van der Waals surface area contributed by atoms with E-state index in [2.05, 4.69) is 25.9 Å². The van der Waals surface area contributed by atoms with E-state index in [9.17, 15) is 4.79 Å². The molecule has 62 valence electrons. The molecule has 12 heavy (non-hydrogen) atoms. The maximum Gasteiger partial charge on any atom is 0.274 e. The van der Waals surface area contributed by atoms with Crippen molar-refractivity contribution in [3.8, 4) is 0 Å². The molecule has 6 heteroatoms. The van der Waals surface area contributed by atoms with Gasteiger partial charge in [-0.1, -0.05) is 11.6 Å². The summed E-state index contributed by atoms with van der Waals surface area (Å²) in [5.74, 6) is 0.438. The lowest BCUT2D eigenvalue weighted by Crippen LogP contribution is -2.13. The first-order chi connectivity index (χ1) is 5.70. The van der Waals surface area contributed by atoms with Gasteiger partial charge in [-0.2, -0.15) is 0 Å². The van der Waals surface area contributed by atoms with Gasteiger partial charge >= 0.3 is 0 Å². The molecule has 1 N–H and O–H groups in total. The van der Waals surface area contributed by atoms with Crippen LogP contribution >= 0.6 is 27.5 Å². The van der Waals surface area contributed by atoms with Crippen molar-refractivity contribution in [2.24, 2.45) is 0 Å². The van der Waals surface area contributed by atoms with Gasteiger partial charge in [-0.25, -0.2) is 4.98 Å². The van der Waals surface area contributed by atoms with E-state index in [0.29, 0.717) is 10.3 Å². The van der Waals surface area contributed by atoms with Crippen LogP contribution in [0.15, 0.2) is 21.7 Å². The summed E-state index contributed by atoms with van der Waals surface area (Å²) in [6, 6.07) is 0. The molecule has 2 heterocycles. The van der Waals surface area contributed by atoms with Crippen LogP contribution < -0.4 is 5.56 Å². The van der Waals surface area contributed by atoms with Crippen LogP contribution in [0.4, 0.5) is 0 Å². The van der Waals surface area contributed by atoms with E-state index in [1.165, 1.54) is 10.6 Å². The number of rotatable bonds is 0. The molecule has 0 aromatic carbocycles. The van der Waals surface area contributed by atoms with Crippen molar-refractivity contribution < 1.29 is 0 Å². The van der Waals surface area contributed by atoms with Crippen LogP contribution in [0.1, 0.15) is 0 Å². The van der Waals surface area contributed by atoms with Crippen molar-refractivity contribution in [1.82, 2.24) is 14.4 Å². The van der Waals surface area contributed by atoms with E-state index >= 15 is 0 Å². The molecule has 2 rings (SSSR count). The molecule has 0 saturated heterocycles. The van der Waals surface area contributed by atoms with Crippen molar-refractivity contribution in [1.29, 1.82) is 0 Å².